The zero-order valence-electron chi connectivity index (χ0n) is 12.7. The Labute approximate surface area is 130 Å². The highest BCUT2D eigenvalue weighted by Crippen LogP contribution is 2.17. The molecule has 0 saturated heterocycles. The summed E-state index contributed by atoms with van der Waals surface area (Å²) in [4.78, 5) is 11.3. The average molecular weight is 294 g/mol. The van der Waals surface area contributed by atoms with E-state index in [9.17, 15) is 4.79 Å². The van der Waals surface area contributed by atoms with E-state index in [2.05, 4.69) is 11.8 Å². The Morgan fingerprint density at radius 2 is 1.77 bits per heavy atom. The molecular formula is C19H18O3. The van der Waals surface area contributed by atoms with Crippen LogP contribution in [0.2, 0.25) is 0 Å². The molecule has 0 spiro atoms. The second-order valence-electron chi connectivity index (χ2n) is 4.76. The van der Waals surface area contributed by atoms with E-state index in [1.807, 2.05) is 54.6 Å². The summed E-state index contributed by atoms with van der Waals surface area (Å²) in [5.41, 5.74) is 2.74. The number of hydrogen-bond donors (Lipinski definition) is 0. The molecule has 0 heterocycles. The molecule has 1 atom stereocenters. The smallest absolute Gasteiger partial charge is 0.304 e. The molecule has 112 valence electrons. The molecule has 0 aliphatic rings. The summed E-state index contributed by atoms with van der Waals surface area (Å²) in [5.74, 6) is 5.78. The Kier molecular flexibility index (Phi) is 5.76. The molecule has 0 aliphatic heterocycles. The van der Waals surface area contributed by atoms with Crippen molar-refractivity contribution in [2.45, 2.75) is 19.6 Å². The number of hydrogen-bond acceptors (Lipinski definition) is 3. The first-order valence-corrected chi connectivity index (χ1v) is 7.01. The first-order valence-electron chi connectivity index (χ1n) is 7.01. The van der Waals surface area contributed by atoms with Crippen LogP contribution in [0.5, 0.6) is 0 Å². The van der Waals surface area contributed by atoms with E-state index in [0.29, 0.717) is 6.61 Å². The standard InChI is InChI=1S/C19H18O3/c1-15(20)22-19(17-9-4-3-5-10-17)13-12-16-8-6-7-11-18(16)14-21-2/h3-11,19H,14H2,1-2H3. The van der Waals surface area contributed by atoms with Gasteiger partial charge in [-0.25, -0.2) is 0 Å². The van der Waals surface area contributed by atoms with Crippen LogP contribution in [0.1, 0.15) is 29.7 Å². The van der Waals surface area contributed by atoms with Gasteiger partial charge >= 0.3 is 5.97 Å². The SMILES string of the molecule is COCc1ccccc1C#CC(OC(C)=O)c1ccccc1. The quantitative estimate of drug-likeness (QED) is 0.639. The Morgan fingerprint density at radius 3 is 2.45 bits per heavy atom. The molecule has 2 aromatic rings. The fourth-order valence-electron chi connectivity index (χ4n) is 2.04. The Morgan fingerprint density at radius 1 is 1.09 bits per heavy atom. The molecule has 2 aromatic carbocycles. The van der Waals surface area contributed by atoms with Crippen molar-refractivity contribution >= 4 is 5.97 Å². The van der Waals surface area contributed by atoms with Crippen molar-refractivity contribution < 1.29 is 14.3 Å². The highest BCUT2D eigenvalue weighted by molar-refractivity contribution is 5.66. The van der Waals surface area contributed by atoms with Gasteiger partial charge in [0.05, 0.1) is 6.61 Å². The molecule has 0 bridgehead atoms. The van der Waals surface area contributed by atoms with Gasteiger partial charge in [0.25, 0.3) is 0 Å². The number of carbonyl (C=O) groups is 1. The van der Waals surface area contributed by atoms with Crippen LogP contribution in [0.3, 0.4) is 0 Å². The first kappa shape index (κ1) is 15.8. The Hall–Kier alpha value is -2.57. The molecule has 1 unspecified atom stereocenters. The number of methoxy groups -OCH3 is 1. The molecule has 0 saturated carbocycles. The number of rotatable bonds is 4. The van der Waals surface area contributed by atoms with Gasteiger partial charge in [0.2, 0.25) is 0 Å². The zero-order chi connectivity index (χ0) is 15.8. The van der Waals surface area contributed by atoms with Crippen molar-refractivity contribution in [1.29, 1.82) is 0 Å². The van der Waals surface area contributed by atoms with Gasteiger partial charge in [-0.3, -0.25) is 4.79 Å². The van der Waals surface area contributed by atoms with E-state index < -0.39 is 6.10 Å². The van der Waals surface area contributed by atoms with Crippen LogP contribution in [0.4, 0.5) is 0 Å². The van der Waals surface area contributed by atoms with E-state index in [0.717, 1.165) is 16.7 Å². The minimum atomic E-state index is -0.575. The van der Waals surface area contributed by atoms with Crippen LogP contribution < -0.4 is 0 Å². The van der Waals surface area contributed by atoms with Crippen LogP contribution in [0, 0.1) is 11.8 Å². The van der Waals surface area contributed by atoms with Crippen LogP contribution in [0.15, 0.2) is 54.6 Å². The van der Waals surface area contributed by atoms with E-state index in [-0.39, 0.29) is 5.97 Å². The van der Waals surface area contributed by atoms with Gasteiger partial charge in [0, 0.05) is 25.2 Å². The molecule has 0 aromatic heterocycles. The third-order valence-electron chi connectivity index (χ3n) is 3.04. The minimum absolute atomic E-state index is 0.353. The van der Waals surface area contributed by atoms with E-state index in [1.54, 1.807) is 7.11 Å². The summed E-state index contributed by atoms with van der Waals surface area (Å²) in [6, 6.07) is 17.3. The van der Waals surface area contributed by atoms with Crippen LogP contribution in [-0.2, 0) is 20.9 Å². The summed E-state index contributed by atoms with van der Waals surface area (Å²) in [6.07, 6.45) is -0.575. The van der Waals surface area contributed by atoms with Crippen LogP contribution >= 0.6 is 0 Å². The second kappa shape index (κ2) is 8.02. The zero-order valence-corrected chi connectivity index (χ0v) is 12.7. The topological polar surface area (TPSA) is 35.5 Å². The molecule has 0 fully saturated rings. The lowest BCUT2D eigenvalue weighted by Crippen LogP contribution is -2.06. The van der Waals surface area contributed by atoms with Crippen molar-refractivity contribution in [1.82, 2.24) is 0 Å². The fraction of sp³-hybridized carbons (Fsp3) is 0.211. The van der Waals surface area contributed by atoms with Gasteiger partial charge in [0.15, 0.2) is 6.10 Å². The number of carbonyl (C=O) groups excluding carboxylic acids is 1. The lowest BCUT2D eigenvalue weighted by Gasteiger charge is -2.11. The van der Waals surface area contributed by atoms with Crippen molar-refractivity contribution in [3.8, 4) is 11.8 Å². The van der Waals surface area contributed by atoms with Crippen LogP contribution in [-0.4, -0.2) is 13.1 Å². The molecule has 3 nitrogen and oxygen atoms in total. The van der Waals surface area contributed by atoms with E-state index in [1.165, 1.54) is 6.92 Å². The van der Waals surface area contributed by atoms with Crippen molar-refractivity contribution in [2.24, 2.45) is 0 Å². The summed E-state index contributed by atoms with van der Waals surface area (Å²) in [7, 11) is 1.65. The summed E-state index contributed by atoms with van der Waals surface area (Å²) in [6.45, 7) is 1.88. The second-order valence-corrected chi connectivity index (χ2v) is 4.76. The number of esters is 1. The molecule has 0 N–H and O–H groups in total. The number of ether oxygens (including phenoxy) is 2. The minimum Gasteiger partial charge on any atom is -0.444 e. The van der Waals surface area contributed by atoms with Gasteiger partial charge in [-0.05, 0) is 17.6 Å². The normalized spacial score (nSPS) is 11.2. The summed E-state index contributed by atoms with van der Waals surface area (Å²) < 4.78 is 10.5. The molecular weight excluding hydrogens is 276 g/mol. The predicted molar refractivity (Wildman–Crippen MR) is 85.0 cm³/mol. The van der Waals surface area contributed by atoms with Crippen LogP contribution in [0.25, 0.3) is 0 Å². The lowest BCUT2D eigenvalue weighted by atomic mass is 10.1. The van der Waals surface area contributed by atoms with Gasteiger partial charge < -0.3 is 9.47 Å². The van der Waals surface area contributed by atoms with Crippen molar-refractivity contribution in [2.75, 3.05) is 7.11 Å². The molecule has 3 heteroatoms. The van der Waals surface area contributed by atoms with Gasteiger partial charge in [0.1, 0.15) is 0 Å². The largest absolute Gasteiger partial charge is 0.444 e. The predicted octanol–water partition coefficient (Wildman–Crippen LogP) is 3.49. The highest BCUT2D eigenvalue weighted by atomic mass is 16.5. The molecule has 2 rings (SSSR count). The maximum Gasteiger partial charge on any atom is 0.304 e. The molecule has 22 heavy (non-hydrogen) atoms. The first-order chi connectivity index (χ1) is 10.7. The van der Waals surface area contributed by atoms with Crippen molar-refractivity contribution in [3.05, 3.63) is 71.3 Å². The molecule has 0 radical (unpaired) electrons. The van der Waals surface area contributed by atoms with Crippen molar-refractivity contribution in [3.63, 3.8) is 0 Å². The Balaban J connectivity index is 2.31. The Bertz CT molecular complexity index is 681. The third kappa shape index (κ3) is 4.47. The van der Waals surface area contributed by atoms with Gasteiger partial charge in [-0.2, -0.15) is 0 Å². The van der Waals surface area contributed by atoms with E-state index >= 15 is 0 Å². The summed E-state index contributed by atoms with van der Waals surface area (Å²) >= 11 is 0. The van der Waals surface area contributed by atoms with Gasteiger partial charge in [-0.15, -0.1) is 0 Å². The fourth-order valence-corrected chi connectivity index (χ4v) is 2.04. The molecule has 0 aliphatic carbocycles. The average Bonchev–Trinajstić information content (AvgIpc) is 2.53. The highest BCUT2D eigenvalue weighted by Gasteiger charge is 2.11. The third-order valence-corrected chi connectivity index (χ3v) is 3.04. The van der Waals surface area contributed by atoms with Gasteiger partial charge in [-0.1, -0.05) is 54.5 Å². The maximum atomic E-state index is 11.3. The number of benzene rings is 2. The summed E-state index contributed by atoms with van der Waals surface area (Å²) in [5, 5.41) is 0. The lowest BCUT2D eigenvalue weighted by molar-refractivity contribution is -0.144. The molecule has 0 amide bonds. The monoisotopic (exact) mass is 294 g/mol. The maximum absolute atomic E-state index is 11.3. The van der Waals surface area contributed by atoms with E-state index in [4.69, 9.17) is 9.47 Å².